The Morgan fingerprint density at radius 3 is 1.76 bits per heavy atom. The normalized spacial score (nSPS) is 14.6. The van der Waals surface area contributed by atoms with E-state index in [1.54, 1.807) is 0 Å². The van der Waals surface area contributed by atoms with Crippen LogP contribution in [0.25, 0.3) is 94.5 Å². The van der Waals surface area contributed by atoms with Gasteiger partial charge in [-0.3, -0.25) is 0 Å². The van der Waals surface area contributed by atoms with Crippen molar-refractivity contribution in [2.24, 2.45) is 0 Å². The van der Waals surface area contributed by atoms with Gasteiger partial charge in [-0.15, -0.1) is 0 Å². The molecule has 0 spiro atoms. The Morgan fingerprint density at radius 2 is 1.08 bits per heavy atom. The van der Waals surface area contributed by atoms with Crippen molar-refractivity contribution in [2.45, 2.75) is 19.8 Å². The molecule has 0 amide bonds. The molecule has 1 heterocycles. The molecule has 0 saturated carbocycles. The standard InChI is InChI=1S/C62H45N/c1-5-13-49-39(4)50-17-11-18-54-51(34-36-58(49)61(50)54)43-25-29-45(30-26-43)59-37-47(42-23-21-41(22-24-42)40-15-9-8-10-16-40)38-60(63-59)46-31-27-44(28-32-46)52-33-35-57-48(7-3)53(14-6-2)56-20-12-19-55(52)62(56)57/h5-32,34,36-38H,1,3-4,33,35H2,2H3/b14-6-,49-13+. The Balaban J connectivity index is 0.990. The maximum atomic E-state index is 5.38. The van der Waals surface area contributed by atoms with E-state index in [4.69, 9.17) is 4.98 Å². The van der Waals surface area contributed by atoms with Gasteiger partial charge in [-0.2, -0.15) is 0 Å². The number of pyridine rings is 1. The van der Waals surface area contributed by atoms with Crippen LogP contribution < -0.4 is 10.4 Å². The summed E-state index contributed by atoms with van der Waals surface area (Å²) < 4.78 is 0. The largest absolute Gasteiger partial charge is 0.248 e. The third-order valence-corrected chi connectivity index (χ3v) is 13.2. The summed E-state index contributed by atoms with van der Waals surface area (Å²) in [5.41, 5.74) is 23.7. The van der Waals surface area contributed by atoms with Crippen LogP contribution in [0.2, 0.25) is 0 Å². The SMILES string of the molecule is C=C/C=C1\C(=C)c2cccc3c(-c4ccc(-c5cc(-c6ccc(-c7ccccc7)cc6)cc(-c6ccc(C7=c8cccc9c8=C(CC7)C(C=C)=C9/C=C\C)cc6)n5)cc4)ccc1c23. The second kappa shape index (κ2) is 15.5. The van der Waals surface area contributed by atoms with Gasteiger partial charge in [0.15, 0.2) is 0 Å². The third kappa shape index (κ3) is 6.36. The number of rotatable bonds is 9. The molecule has 3 aliphatic rings. The number of benzene rings is 7. The molecule has 7 aromatic carbocycles. The fourth-order valence-electron chi connectivity index (χ4n) is 10.2. The molecule has 1 heteroatoms. The first-order valence-electron chi connectivity index (χ1n) is 21.9. The van der Waals surface area contributed by atoms with Crippen LogP contribution in [-0.2, 0) is 0 Å². The van der Waals surface area contributed by atoms with Crippen molar-refractivity contribution in [1.29, 1.82) is 0 Å². The average molecular weight is 804 g/mol. The van der Waals surface area contributed by atoms with Crippen LogP contribution in [0.1, 0.15) is 42.0 Å². The lowest BCUT2D eigenvalue weighted by Crippen LogP contribution is -2.33. The van der Waals surface area contributed by atoms with Gasteiger partial charge in [0, 0.05) is 11.1 Å². The summed E-state index contributed by atoms with van der Waals surface area (Å²) in [5.74, 6) is 0. The fraction of sp³-hybridized carbons (Fsp3) is 0.0484. The molecule has 0 fully saturated rings. The zero-order chi connectivity index (χ0) is 42.6. The second-order valence-corrected chi connectivity index (χ2v) is 16.6. The van der Waals surface area contributed by atoms with Crippen molar-refractivity contribution in [3.63, 3.8) is 0 Å². The molecule has 0 saturated heterocycles. The number of hydrogen-bond donors (Lipinski definition) is 0. The van der Waals surface area contributed by atoms with Crippen LogP contribution in [0.5, 0.6) is 0 Å². The average Bonchev–Trinajstić information content (AvgIpc) is 3.80. The van der Waals surface area contributed by atoms with Crippen LogP contribution in [0.4, 0.5) is 0 Å². The molecule has 298 valence electrons. The highest BCUT2D eigenvalue weighted by molar-refractivity contribution is 6.23. The van der Waals surface area contributed by atoms with E-state index >= 15 is 0 Å². The highest BCUT2D eigenvalue weighted by atomic mass is 14.7. The van der Waals surface area contributed by atoms with Crippen molar-refractivity contribution in [3.05, 3.63) is 252 Å². The first kappa shape index (κ1) is 38.1. The molecule has 1 nitrogen and oxygen atoms in total. The number of nitrogens with zero attached hydrogens (tertiary/aromatic N) is 1. The summed E-state index contributed by atoms with van der Waals surface area (Å²) in [6, 6.07) is 59.7. The van der Waals surface area contributed by atoms with E-state index in [9.17, 15) is 0 Å². The molecule has 8 aromatic rings. The Hall–Kier alpha value is -7.87. The lowest BCUT2D eigenvalue weighted by atomic mass is 9.88. The number of hydrogen-bond acceptors (Lipinski definition) is 1. The Bertz CT molecular complexity index is 3440. The van der Waals surface area contributed by atoms with Gasteiger partial charge in [-0.1, -0.05) is 202 Å². The Morgan fingerprint density at radius 1 is 0.492 bits per heavy atom. The molecule has 0 aliphatic heterocycles. The van der Waals surface area contributed by atoms with Gasteiger partial charge >= 0.3 is 0 Å². The van der Waals surface area contributed by atoms with Gasteiger partial charge in [0.05, 0.1) is 11.4 Å². The first-order valence-corrected chi connectivity index (χ1v) is 21.9. The minimum Gasteiger partial charge on any atom is -0.248 e. The summed E-state index contributed by atoms with van der Waals surface area (Å²) >= 11 is 0. The van der Waals surface area contributed by atoms with Crippen molar-refractivity contribution in [2.75, 3.05) is 0 Å². The molecule has 11 rings (SSSR count). The Kier molecular flexibility index (Phi) is 9.40. The predicted molar refractivity (Wildman–Crippen MR) is 269 cm³/mol. The highest BCUT2D eigenvalue weighted by Crippen LogP contribution is 2.47. The molecule has 0 bridgehead atoms. The summed E-state index contributed by atoms with van der Waals surface area (Å²) in [6.45, 7) is 14.7. The van der Waals surface area contributed by atoms with E-state index in [2.05, 4.69) is 209 Å². The minimum absolute atomic E-state index is 0.938. The zero-order valence-electron chi connectivity index (χ0n) is 35.5. The predicted octanol–water partition coefficient (Wildman–Crippen LogP) is 14.8. The maximum Gasteiger partial charge on any atom is 0.0715 e. The van der Waals surface area contributed by atoms with Gasteiger partial charge in [-0.05, 0) is 142 Å². The summed E-state index contributed by atoms with van der Waals surface area (Å²) in [6.07, 6.45) is 12.3. The summed E-state index contributed by atoms with van der Waals surface area (Å²) in [4.78, 5) is 5.38. The van der Waals surface area contributed by atoms with Gasteiger partial charge < -0.3 is 0 Å². The van der Waals surface area contributed by atoms with Gasteiger partial charge in [-0.25, -0.2) is 4.98 Å². The van der Waals surface area contributed by atoms with Crippen molar-refractivity contribution in [1.82, 2.24) is 4.98 Å². The molecule has 1 aromatic heterocycles. The van der Waals surface area contributed by atoms with Gasteiger partial charge in [0.1, 0.15) is 0 Å². The molecule has 0 N–H and O–H groups in total. The lowest BCUT2D eigenvalue weighted by Gasteiger charge is -2.17. The number of allylic oxidation sites excluding steroid dienone is 9. The van der Waals surface area contributed by atoms with E-state index in [1.807, 2.05) is 12.2 Å². The molecule has 0 atom stereocenters. The molecular formula is C62H45N. The topological polar surface area (TPSA) is 12.9 Å². The molecule has 0 unspecified atom stereocenters. The van der Waals surface area contributed by atoms with Gasteiger partial charge in [0.2, 0.25) is 0 Å². The van der Waals surface area contributed by atoms with Crippen molar-refractivity contribution >= 4 is 38.6 Å². The molecular weight excluding hydrogens is 759 g/mol. The summed E-state index contributed by atoms with van der Waals surface area (Å²) in [7, 11) is 0. The molecule has 3 aliphatic carbocycles. The van der Waals surface area contributed by atoms with Gasteiger partial charge in [0.25, 0.3) is 0 Å². The van der Waals surface area contributed by atoms with E-state index in [1.165, 1.54) is 88.0 Å². The lowest BCUT2D eigenvalue weighted by molar-refractivity contribution is 1.05. The minimum atomic E-state index is 0.938. The van der Waals surface area contributed by atoms with Crippen LogP contribution >= 0.6 is 0 Å². The van der Waals surface area contributed by atoms with Crippen LogP contribution in [0.3, 0.4) is 0 Å². The maximum absolute atomic E-state index is 5.38. The van der Waals surface area contributed by atoms with E-state index in [0.717, 1.165) is 57.6 Å². The van der Waals surface area contributed by atoms with Crippen LogP contribution in [-0.4, -0.2) is 4.98 Å². The summed E-state index contributed by atoms with van der Waals surface area (Å²) in [5, 5.41) is 5.20. The quantitative estimate of drug-likeness (QED) is 0.142. The molecule has 63 heavy (non-hydrogen) atoms. The highest BCUT2D eigenvalue weighted by Gasteiger charge is 2.25. The van der Waals surface area contributed by atoms with E-state index < -0.39 is 0 Å². The zero-order valence-corrected chi connectivity index (χ0v) is 35.5. The monoisotopic (exact) mass is 803 g/mol. The first-order chi connectivity index (χ1) is 31.0. The smallest absolute Gasteiger partial charge is 0.0715 e. The second-order valence-electron chi connectivity index (χ2n) is 16.6. The third-order valence-electron chi connectivity index (χ3n) is 13.2. The van der Waals surface area contributed by atoms with Crippen molar-refractivity contribution in [3.8, 4) is 55.9 Å². The fourth-order valence-corrected chi connectivity index (χ4v) is 10.2. The van der Waals surface area contributed by atoms with Crippen LogP contribution in [0.15, 0.2) is 219 Å². The van der Waals surface area contributed by atoms with Crippen LogP contribution in [0, 0.1) is 0 Å². The Labute approximate surface area is 369 Å². The van der Waals surface area contributed by atoms with E-state index in [0.29, 0.717) is 0 Å². The molecule has 0 radical (unpaired) electrons. The number of aromatic nitrogens is 1. The van der Waals surface area contributed by atoms with Crippen molar-refractivity contribution < 1.29 is 0 Å². The van der Waals surface area contributed by atoms with E-state index in [-0.39, 0.29) is 0 Å².